The standard InChI is InChI=1S/C17H17N3O2/c1-2-13-10-18-5-4-15(13)16(3-1)17-19-6-7-20(17)11-14-12-21-8-9-22-14/h1-7,10,14H,8-9,11-12H2. The van der Waals surface area contributed by atoms with E-state index in [9.17, 15) is 0 Å². The molecular weight excluding hydrogens is 278 g/mol. The van der Waals surface area contributed by atoms with E-state index in [1.165, 1.54) is 0 Å². The molecule has 0 amide bonds. The van der Waals surface area contributed by atoms with E-state index in [2.05, 4.69) is 26.7 Å². The normalized spacial score (nSPS) is 18.6. The Morgan fingerprint density at radius 1 is 1.18 bits per heavy atom. The first-order chi connectivity index (χ1) is 10.9. The average molecular weight is 295 g/mol. The average Bonchev–Trinajstić information content (AvgIpc) is 3.03. The third-order valence-electron chi connectivity index (χ3n) is 3.92. The molecule has 1 aliphatic rings. The Morgan fingerprint density at radius 2 is 2.18 bits per heavy atom. The number of ether oxygens (including phenoxy) is 2. The van der Waals surface area contributed by atoms with Crippen molar-refractivity contribution in [2.24, 2.45) is 0 Å². The van der Waals surface area contributed by atoms with Crippen molar-refractivity contribution >= 4 is 10.8 Å². The monoisotopic (exact) mass is 295 g/mol. The van der Waals surface area contributed by atoms with E-state index in [0.717, 1.165) is 28.7 Å². The molecule has 2 aromatic heterocycles. The van der Waals surface area contributed by atoms with Gasteiger partial charge in [-0.2, -0.15) is 0 Å². The van der Waals surface area contributed by atoms with Gasteiger partial charge in [0, 0.05) is 35.7 Å². The van der Waals surface area contributed by atoms with Gasteiger partial charge < -0.3 is 14.0 Å². The zero-order valence-electron chi connectivity index (χ0n) is 12.2. The molecule has 1 aliphatic heterocycles. The SMILES string of the molecule is c1cc(-c2nccn2CC2COCCO2)c2ccncc2c1. The van der Waals surface area contributed by atoms with E-state index in [1.54, 1.807) is 0 Å². The lowest BCUT2D eigenvalue weighted by molar-refractivity contribution is -0.0934. The van der Waals surface area contributed by atoms with Gasteiger partial charge in [-0.05, 0) is 11.5 Å². The van der Waals surface area contributed by atoms with Gasteiger partial charge >= 0.3 is 0 Å². The van der Waals surface area contributed by atoms with E-state index in [1.807, 2.05) is 36.9 Å². The van der Waals surface area contributed by atoms with E-state index < -0.39 is 0 Å². The second-order valence-corrected chi connectivity index (χ2v) is 5.37. The highest BCUT2D eigenvalue weighted by Crippen LogP contribution is 2.27. The van der Waals surface area contributed by atoms with Crippen molar-refractivity contribution < 1.29 is 9.47 Å². The summed E-state index contributed by atoms with van der Waals surface area (Å²) in [4.78, 5) is 8.74. The molecule has 0 spiro atoms. The van der Waals surface area contributed by atoms with Gasteiger partial charge in [0.2, 0.25) is 0 Å². The minimum absolute atomic E-state index is 0.0818. The van der Waals surface area contributed by atoms with Crippen LogP contribution in [0.4, 0.5) is 0 Å². The highest BCUT2D eigenvalue weighted by Gasteiger charge is 2.17. The van der Waals surface area contributed by atoms with Crippen LogP contribution < -0.4 is 0 Å². The predicted molar refractivity (Wildman–Crippen MR) is 83.5 cm³/mol. The number of benzene rings is 1. The molecule has 22 heavy (non-hydrogen) atoms. The molecule has 1 fully saturated rings. The van der Waals surface area contributed by atoms with Gasteiger partial charge in [0.05, 0.1) is 32.5 Å². The summed E-state index contributed by atoms with van der Waals surface area (Å²) >= 11 is 0. The van der Waals surface area contributed by atoms with Crippen LogP contribution in [0.2, 0.25) is 0 Å². The smallest absolute Gasteiger partial charge is 0.140 e. The summed E-state index contributed by atoms with van der Waals surface area (Å²) < 4.78 is 13.4. The summed E-state index contributed by atoms with van der Waals surface area (Å²) in [6.45, 7) is 2.73. The fourth-order valence-electron chi connectivity index (χ4n) is 2.88. The number of hydrogen-bond acceptors (Lipinski definition) is 4. The van der Waals surface area contributed by atoms with Gasteiger partial charge in [-0.3, -0.25) is 4.98 Å². The molecule has 0 saturated carbocycles. The molecule has 0 aliphatic carbocycles. The Hall–Kier alpha value is -2.24. The Kier molecular flexibility index (Phi) is 3.58. The van der Waals surface area contributed by atoms with Crippen LogP contribution >= 0.6 is 0 Å². The summed E-state index contributed by atoms with van der Waals surface area (Å²) in [6.07, 6.45) is 7.60. The Balaban J connectivity index is 1.71. The van der Waals surface area contributed by atoms with Crippen LogP contribution in [0.1, 0.15) is 0 Å². The molecule has 3 heterocycles. The molecule has 0 radical (unpaired) electrons. The van der Waals surface area contributed by atoms with Gasteiger partial charge in [-0.15, -0.1) is 0 Å². The van der Waals surface area contributed by atoms with Crippen LogP contribution in [0, 0.1) is 0 Å². The maximum atomic E-state index is 5.75. The van der Waals surface area contributed by atoms with Crippen molar-refractivity contribution in [2.45, 2.75) is 12.6 Å². The minimum Gasteiger partial charge on any atom is -0.376 e. The lowest BCUT2D eigenvalue weighted by Gasteiger charge is -2.24. The molecule has 1 atom stereocenters. The number of aromatic nitrogens is 3. The minimum atomic E-state index is 0.0818. The summed E-state index contributed by atoms with van der Waals surface area (Å²) in [5, 5.41) is 2.28. The Morgan fingerprint density at radius 3 is 3.09 bits per heavy atom. The van der Waals surface area contributed by atoms with Crippen molar-refractivity contribution in [1.82, 2.24) is 14.5 Å². The van der Waals surface area contributed by atoms with Crippen LogP contribution in [0.3, 0.4) is 0 Å². The van der Waals surface area contributed by atoms with E-state index in [0.29, 0.717) is 19.8 Å². The van der Waals surface area contributed by atoms with E-state index in [4.69, 9.17) is 9.47 Å². The molecule has 5 heteroatoms. The topological polar surface area (TPSA) is 49.2 Å². The van der Waals surface area contributed by atoms with Crippen molar-refractivity contribution in [1.29, 1.82) is 0 Å². The number of hydrogen-bond donors (Lipinski definition) is 0. The van der Waals surface area contributed by atoms with E-state index >= 15 is 0 Å². The number of nitrogens with zero attached hydrogens (tertiary/aromatic N) is 3. The Labute approximate surface area is 128 Å². The highest BCUT2D eigenvalue weighted by molar-refractivity contribution is 5.94. The summed E-state index contributed by atoms with van der Waals surface area (Å²) in [6, 6.07) is 8.24. The van der Waals surface area contributed by atoms with Gasteiger partial charge in [0.1, 0.15) is 5.82 Å². The first-order valence-corrected chi connectivity index (χ1v) is 7.45. The molecule has 1 unspecified atom stereocenters. The number of fused-ring (bicyclic) bond motifs is 1. The van der Waals surface area contributed by atoms with E-state index in [-0.39, 0.29) is 6.10 Å². The van der Waals surface area contributed by atoms with Crippen LogP contribution in [-0.2, 0) is 16.0 Å². The number of imidazole rings is 1. The highest BCUT2D eigenvalue weighted by atomic mass is 16.6. The van der Waals surface area contributed by atoms with Crippen LogP contribution in [0.25, 0.3) is 22.2 Å². The molecule has 4 rings (SSSR count). The van der Waals surface area contributed by atoms with Crippen molar-refractivity contribution in [3.05, 3.63) is 49.1 Å². The van der Waals surface area contributed by atoms with Crippen molar-refractivity contribution in [2.75, 3.05) is 19.8 Å². The zero-order valence-corrected chi connectivity index (χ0v) is 12.2. The van der Waals surface area contributed by atoms with Gasteiger partial charge in [-0.1, -0.05) is 18.2 Å². The zero-order chi connectivity index (χ0) is 14.8. The third kappa shape index (κ3) is 2.49. The maximum absolute atomic E-state index is 5.75. The van der Waals surface area contributed by atoms with Crippen LogP contribution in [0.15, 0.2) is 49.1 Å². The first-order valence-electron chi connectivity index (χ1n) is 7.45. The van der Waals surface area contributed by atoms with Crippen molar-refractivity contribution in [3.63, 3.8) is 0 Å². The summed E-state index contributed by atoms with van der Waals surface area (Å²) in [7, 11) is 0. The largest absolute Gasteiger partial charge is 0.376 e. The lowest BCUT2D eigenvalue weighted by Crippen LogP contribution is -2.32. The molecule has 112 valence electrons. The second-order valence-electron chi connectivity index (χ2n) is 5.37. The molecule has 1 saturated heterocycles. The van der Waals surface area contributed by atoms with Crippen LogP contribution in [0.5, 0.6) is 0 Å². The molecule has 1 aromatic carbocycles. The molecule has 0 N–H and O–H groups in total. The molecule has 5 nitrogen and oxygen atoms in total. The van der Waals surface area contributed by atoms with Crippen LogP contribution in [-0.4, -0.2) is 40.5 Å². The number of pyridine rings is 1. The first kappa shape index (κ1) is 13.4. The lowest BCUT2D eigenvalue weighted by atomic mass is 10.1. The summed E-state index contributed by atoms with van der Waals surface area (Å²) in [5.41, 5.74) is 1.11. The fourth-order valence-corrected chi connectivity index (χ4v) is 2.88. The summed E-state index contributed by atoms with van der Waals surface area (Å²) in [5.74, 6) is 0.950. The molecular formula is C17H17N3O2. The van der Waals surface area contributed by atoms with Crippen molar-refractivity contribution in [3.8, 4) is 11.4 Å². The molecule has 0 bridgehead atoms. The van der Waals surface area contributed by atoms with Gasteiger partial charge in [0.25, 0.3) is 0 Å². The quantitative estimate of drug-likeness (QED) is 0.745. The fraction of sp³-hybridized carbons (Fsp3) is 0.294. The van der Waals surface area contributed by atoms with Gasteiger partial charge in [0.15, 0.2) is 0 Å². The number of rotatable bonds is 3. The Bertz CT molecular complexity index is 773. The second kappa shape index (κ2) is 5.87. The molecule has 3 aromatic rings. The maximum Gasteiger partial charge on any atom is 0.140 e. The van der Waals surface area contributed by atoms with Gasteiger partial charge in [-0.25, -0.2) is 4.98 Å². The predicted octanol–water partition coefficient (Wildman–Crippen LogP) is 2.51. The third-order valence-corrected chi connectivity index (χ3v) is 3.92.